The molecule has 2 aromatic carbocycles. The van der Waals surface area contributed by atoms with E-state index in [1.54, 1.807) is 32.2 Å². The Hall–Kier alpha value is -2.73. The van der Waals surface area contributed by atoms with Crippen molar-refractivity contribution in [3.05, 3.63) is 48.0 Å². The lowest BCUT2D eigenvalue weighted by molar-refractivity contribution is -0.127. The zero-order valence-corrected chi connectivity index (χ0v) is 16.3. The van der Waals surface area contributed by atoms with Crippen molar-refractivity contribution in [1.82, 2.24) is 0 Å². The average Bonchev–Trinajstić information content (AvgIpc) is 2.68. The number of methoxy groups -OCH3 is 1. The van der Waals surface area contributed by atoms with Crippen LogP contribution < -0.4 is 19.5 Å². The second-order valence-corrected chi connectivity index (χ2v) is 5.82. The third-order valence-corrected chi connectivity index (χ3v) is 3.81. The average molecular weight is 373 g/mol. The van der Waals surface area contributed by atoms with Crippen LogP contribution in [0.15, 0.2) is 42.5 Å². The highest BCUT2D eigenvalue weighted by atomic mass is 16.5. The number of carbonyl (C=O) groups is 1. The number of hydrogen-bond acceptors (Lipinski definition) is 5. The minimum absolute atomic E-state index is 0.232. The van der Waals surface area contributed by atoms with E-state index in [9.17, 15) is 4.79 Å². The van der Waals surface area contributed by atoms with Crippen molar-refractivity contribution < 1.29 is 23.7 Å². The summed E-state index contributed by atoms with van der Waals surface area (Å²) in [5.41, 5.74) is 1.57. The maximum atomic E-state index is 12.4. The van der Waals surface area contributed by atoms with Gasteiger partial charge >= 0.3 is 0 Å². The molecule has 0 radical (unpaired) electrons. The van der Waals surface area contributed by atoms with E-state index in [1.165, 1.54) is 0 Å². The zero-order chi connectivity index (χ0) is 19.6. The monoisotopic (exact) mass is 373 g/mol. The van der Waals surface area contributed by atoms with Gasteiger partial charge in [-0.1, -0.05) is 12.1 Å². The van der Waals surface area contributed by atoms with E-state index in [4.69, 9.17) is 18.9 Å². The molecule has 2 aromatic rings. The van der Waals surface area contributed by atoms with E-state index in [-0.39, 0.29) is 5.91 Å². The number of hydrogen-bond donors (Lipinski definition) is 1. The van der Waals surface area contributed by atoms with Crippen molar-refractivity contribution in [1.29, 1.82) is 0 Å². The fraction of sp³-hybridized carbons (Fsp3) is 0.381. The van der Waals surface area contributed by atoms with Crippen molar-refractivity contribution in [3.63, 3.8) is 0 Å². The summed E-state index contributed by atoms with van der Waals surface area (Å²) in [6.07, 6.45) is -0.613. The topological polar surface area (TPSA) is 66.0 Å². The summed E-state index contributed by atoms with van der Waals surface area (Å²) in [5, 5.41) is 2.84. The van der Waals surface area contributed by atoms with Gasteiger partial charge in [-0.15, -0.1) is 0 Å². The minimum Gasteiger partial charge on any atom is -0.497 e. The predicted molar refractivity (Wildman–Crippen MR) is 105 cm³/mol. The molecule has 0 saturated heterocycles. The number of amides is 1. The highest BCUT2D eigenvalue weighted by Crippen LogP contribution is 2.30. The number of nitrogens with one attached hydrogen (secondary N) is 1. The summed E-state index contributed by atoms with van der Waals surface area (Å²) >= 11 is 0. The number of ether oxygens (including phenoxy) is 4. The fourth-order valence-corrected chi connectivity index (χ4v) is 2.43. The van der Waals surface area contributed by atoms with E-state index in [0.29, 0.717) is 37.0 Å². The van der Waals surface area contributed by atoms with Crippen LogP contribution in [0.4, 0.5) is 5.69 Å². The maximum Gasteiger partial charge on any atom is 0.253 e. The summed E-state index contributed by atoms with van der Waals surface area (Å²) in [4.78, 5) is 12.4. The first-order valence-corrected chi connectivity index (χ1v) is 9.02. The highest BCUT2D eigenvalue weighted by molar-refractivity contribution is 5.94. The molecule has 1 N–H and O–H groups in total. The summed E-state index contributed by atoms with van der Waals surface area (Å²) in [6.45, 7) is 6.90. The Morgan fingerprint density at radius 1 is 1.04 bits per heavy atom. The van der Waals surface area contributed by atoms with Crippen LogP contribution in [0.25, 0.3) is 0 Å². The largest absolute Gasteiger partial charge is 0.497 e. The molecule has 0 bridgehead atoms. The van der Waals surface area contributed by atoms with Crippen molar-refractivity contribution in [2.45, 2.75) is 33.5 Å². The molecule has 6 heteroatoms. The van der Waals surface area contributed by atoms with E-state index >= 15 is 0 Å². The molecule has 0 saturated carbocycles. The number of anilines is 1. The normalized spacial score (nSPS) is 11.6. The van der Waals surface area contributed by atoms with Crippen LogP contribution in [-0.2, 0) is 16.1 Å². The standard InChI is InChI=1S/C21H27NO5/c1-5-25-19-11-10-17(13-20(19)26-6-2)22-21(23)15(3)27-14-16-8-7-9-18(12-16)24-4/h7-13,15H,5-6,14H2,1-4H3,(H,22,23). The van der Waals surface area contributed by atoms with Crippen molar-refractivity contribution in [2.24, 2.45) is 0 Å². The van der Waals surface area contributed by atoms with Gasteiger partial charge in [-0.3, -0.25) is 4.79 Å². The van der Waals surface area contributed by atoms with Gasteiger partial charge in [0.05, 0.1) is 26.9 Å². The molecule has 1 atom stereocenters. The Morgan fingerprint density at radius 2 is 1.78 bits per heavy atom. The zero-order valence-electron chi connectivity index (χ0n) is 16.3. The lowest BCUT2D eigenvalue weighted by Crippen LogP contribution is -2.27. The molecule has 27 heavy (non-hydrogen) atoms. The molecule has 1 unspecified atom stereocenters. The molecule has 0 heterocycles. The molecular weight excluding hydrogens is 346 g/mol. The van der Waals surface area contributed by atoms with Crippen molar-refractivity contribution in [2.75, 3.05) is 25.6 Å². The maximum absolute atomic E-state index is 12.4. The van der Waals surface area contributed by atoms with Gasteiger partial charge in [0.15, 0.2) is 11.5 Å². The van der Waals surface area contributed by atoms with Gasteiger partial charge in [0.2, 0.25) is 0 Å². The Bertz CT molecular complexity index is 747. The first-order valence-electron chi connectivity index (χ1n) is 9.02. The van der Waals surface area contributed by atoms with E-state index in [0.717, 1.165) is 11.3 Å². The summed E-state index contributed by atoms with van der Waals surface area (Å²) in [7, 11) is 1.61. The molecule has 0 spiro atoms. The second kappa shape index (κ2) is 10.4. The highest BCUT2D eigenvalue weighted by Gasteiger charge is 2.15. The minimum atomic E-state index is -0.613. The first kappa shape index (κ1) is 20.6. The molecular formula is C21H27NO5. The van der Waals surface area contributed by atoms with Gasteiger partial charge in [0.1, 0.15) is 11.9 Å². The van der Waals surface area contributed by atoms with Crippen LogP contribution in [0.5, 0.6) is 17.2 Å². The van der Waals surface area contributed by atoms with Gasteiger partial charge in [0.25, 0.3) is 5.91 Å². The number of carbonyl (C=O) groups excluding carboxylic acids is 1. The SMILES string of the molecule is CCOc1ccc(NC(=O)C(C)OCc2cccc(OC)c2)cc1OCC. The molecule has 0 aliphatic heterocycles. The lowest BCUT2D eigenvalue weighted by atomic mass is 10.2. The molecule has 0 aromatic heterocycles. The van der Waals surface area contributed by atoms with Gasteiger partial charge in [-0.2, -0.15) is 0 Å². The van der Waals surface area contributed by atoms with E-state index < -0.39 is 6.10 Å². The Kier molecular flexibility index (Phi) is 7.95. The van der Waals surface area contributed by atoms with Gasteiger partial charge in [0, 0.05) is 11.8 Å². The number of rotatable bonds is 10. The summed E-state index contributed by atoms with van der Waals surface area (Å²) in [5.74, 6) is 1.78. The van der Waals surface area contributed by atoms with Crippen LogP contribution >= 0.6 is 0 Å². The van der Waals surface area contributed by atoms with Crippen molar-refractivity contribution in [3.8, 4) is 17.2 Å². The van der Waals surface area contributed by atoms with E-state index in [2.05, 4.69) is 5.32 Å². The van der Waals surface area contributed by atoms with Crippen LogP contribution in [0.2, 0.25) is 0 Å². The van der Waals surface area contributed by atoms with E-state index in [1.807, 2.05) is 38.1 Å². The Labute approximate surface area is 160 Å². The molecule has 0 aliphatic carbocycles. The molecule has 0 aliphatic rings. The summed E-state index contributed by atoms with van der Waals surface area (Å²) in [6, 6.07) is 12.9. The van der Waals surface area contributed by atoms with Crippen LogP contribution in [0, 0.1) is 0 Å². The molecule has 0 fully saturated rings. The molecule has 2 rings (SSSR count). The molecule has 146 valence electrons. The second-order valence-electron chi connectivity index (χ2n) is 5.82. The quantitative estimate of drug-likeness (QED) is 0.681. The molecule has 6 nitrogen and oxygen atoms in total. The Balaban J connectivity index is 1.95. The third-order valence-electron chi connectivity index (χ3n) is 3.81. The fourth-order valence-electron chi connectivity index (χ4n) is 2.43. The van der Waals surface area contributed by atoms with Crippen LogP contribution in [0.1, 0.15) is 26.3 Å². The van der Waals surface area contributed by atoms with Gasteiger partial charge in [-0.25, -0.2) is 0 Å². The first-order chi connectivity index (χ1) is 13.1. The third kappa shape index (κ3) is 6.18. The number of benzene rings is 2. The van der Waals surface area contributed by atoms with Crippen LogP contribution in [0.3, 0.4) is 0 Å². The van der Waals surface area contributed by atoms with Crippen molar-refractivity contribution >= 4 is 11.6 Å². The van der Waals surface area contributed by atoms with Gasteiger partial charge in [-0.05, 0) is 50.6 Å². The van der Waals surface area contributed by atoms with Crippen LogP contribution in [-0.4, -0.2) is 32.3 Å². The predicted octanol–water partition coefficient (Wildman–Crippen LogP) is 4.04. The smallest absolute Gasteiger partial charge is 0.253 e. The summed E-state index contributed by atoms with van der Waals surface area (Å²) < 4.78 is 22.0. The lowest BCUT2D eigenvalue weighted by Gasteiger charge is -2.16. The Morgan fingerprint density at radius 3 is 2.48 bits per heavy atom. The molecule has 1 amide bonds. The van der Waals surface area contributed by atoms with Gasteiger partial charge < -0.3 is 24.3 Å².